The van der Waals surface area contributed by atoms with Gasteiger partial charge in [-0.05, 0) is 6.42 Å². The number of ether oxygens (including phenoxy) is 4. The highest BCUT2D eigenvalue weighted by Crippen LogP contribution is 2.25. The molecule has 158 valence electrons. The molecule has 2 saturated heterocycles. The maximum Gasteiger partial charge on any atom is 0.311 e. The summed E-state index contributed by atoms with van der Waals surface area (Å²) in [6.07, 6.45) is -12.7. The summed E-state index contributed by atoms with van der Waals surface area (Å²) < 4.78 is 20.7. The standard InChI is InChI=1S/C16H28O11/c1-3-6(2)14(23)27-16-13(22)11(20)10(19)8(26-16)5-25-15-12(21)9(18)7(17)4-24-15/h6-13,15-22H,3-5H2,1-2H3/t6-,7-,8+,9-,10+,11-,12+,13+,15-,16-/m0/s1. The Balaban J connectivity index is 1.96. The summed E-state index contributed by atoms with van der Waals surface area (Å²) in [5, 5.41) is 58.9. The Morgan fingerprint density at radius 2 is 1.63 bits per heavy atom. The molecule has 11 heteroatoms. The molecular formula is C16H28O11. The summed E-state index contributed by atoms with van der Waals surface area (Å²) in [4.78, 5) is 11.9. The van der Waals surface area contributed by atoms with Crippen molar-refractivity contribution in [1.29, 1.82) is 0 Å². The van der Waals surface area contributed by atoms with Gasteiger partial charge in [-0.1, -0.05) is 13.8 Å². The van der Waals surface area contributed by atoms with E-state index < -0.39 is 73.8 Å². The van der Waals surface area contributed by atoms with E-state index >= 15 is 0 Å². The molecule has 0 unspecified atom stereocenters. The number of hydrogen-bond donors (Lipinski definition) is 6. The van der Waals surface area contributed by atoms with E-state index in [1.165, 1.54) is 0 Å². The van der Waals surface area contributed by atoms with E-state index in [2.05, 4.69) is 0 Å². The van der Waals surface area contributed by atoms with E-state index in [9.17, 15) is 35.4 Å². The van der Waals surface area contributed by atoms with E-state index in [1.54, 1.807) is 13.8 Å². The maximum atomic E-state index is 11.9. The fourth-order valence-electron chi connectivity index (χ4n) is 2.66. The number of aliphatic hydroxyl groups excluding tert-OH is 6. The molecule has 0 saturated carbocycles. The van der Waals surface area contributed by atoms with E-state index in [4.69, 9.17) is 18.9 Å². The van der Waals surface area contributed by atoms with Crippen molar-refractivity contribution in [2.24, 2.45) is 5.92 Å². The van der Waals surface area contributed by atoms with Gasteiger partial charge in [0.15, 0.2) is 6.29 Å². The molecule has 2 aliphatic heterocycles. The molecule has 2 rings (SSSR count). The molecule has 10 atom stereocenters. The molecule has 2 aliphatic rings. The van der Waals surface area contributed by atoms with E-state index in [0.29, 0.717) is 6.42 Å². The third-order valence-corrected chi connectivity index (χ3v) is 4.79. The lowest BCUT2D eigenvalue weighted by molar-refractivity contribution is -0.315. The van der Waals surface area contributed by atoms with Crippen LogP contribution in [0, 0.1) is 5.92 Å². The molecule has 0 amide bonds. The molecule has 2 fully saturated rings. The first-order valence-corrected chi connectivity index (χ1v) is 8.84. The van der Waals surface area contributed by atoms with Crippen LogP contribution in [-0.2, 0) is 23.7 Å². The van der Waals surface area contributed by atoms with Crippen molar-refractivity contribution in [1.82, 2.24) is 0 Å². The minimum Gasteiger partial charge on any atom is -0.433 e. The van der Waals surface area contributed by atoms with Crippen LogP contribution in [0.1, 0.15) is 20.3 Å². The number of carbonyl (C=O) groups excluding carboxylic acids is 1. The van der Waals surface area contributed by atoms with E-state index in [-0.39, 0.29) is 6.61 Å². The summed E-state index contributed by atoms with van der Waals surface area (Å²) in [5.74, 6) is -1.08. The highest BCUT2D eigenvalue weighted by Gasteiger charge is 2.47. The second-order valence-electron chi connectivity index (χ2n) is 6.84. The lowest BCUT2D eigenvalue weighted by atomic mass is 9.99. The minimum atomic E-state index is -1.66. The molecule has 0 bridgehead atoms. The Bertz CT molecular complexity index is 489. The van der Waals surface area contributed by atoms with Gasteiger partial charge in [-0.3, -0.25) is 4.79 Å². The normalized spacial score (nSPS) is 43.9. The zero-order chi connectivity index (χ0) is 20.3. The predicted octanol–water partition coefficient (Wildman–Crippen LogP) is -3.16. The Morgan fingerprint density at radius 3 is 2.26 bits per heavy atom. The fraction of sp³-hybridized carbons (Fsp3) is 0.938. The molecule has 2 heterocycles. The molecule has 27 heavy (non-hydrogen) atoms. The second kappa shape index (κ2) is 9.54. The summed E-state index contributed by atoms with van der Waals surface area (Å²) in [6, 6.07) is 0. The van der Waals surface area contributed by atoms with Gasteiger partial charge >= 0.3 is 5.97 Å². The first-order chi connectivity index (χ1) is 12.7. The lowest BCUT2D eigenvalue weighted by Crippen LogP contribution is -2.60. The van der Waals surface area contributed by atoms with Crippen LogP contribution < -0.4 is 0 Å². The third kappa shape index (κ3) is 5.13. The summed E-state index contributed by atoms with van der Waals surface area (Å²) in [5.41, 5.74) is 0. The van der Waals surface area contributed by atoms with Gasteiger partial charge in [0.1, 0.15) is 42.7 Å². The third-order valence-electron chi connectivity index (χ3n) is 4.79. The molecule has 0 aliphatic carbocycles. The SMILES string of the molecule is CC[C@H](C)C(=O)O[C@@H]1O[C@H](CO[C@@H]2OC[C@H](O)[C@H](O)[C@H]2O)[C@@H](O)[C@H](O)[C@H]1O. The van der Waals surface area contributed by atoms with Crippen molar-refractivity contribution < 1.29 is 54.4 Å². The van der Waals surface area contributed by atoms with Gasteiger partial charge in [0.25, 0.3) is 0 Å². The van der Waals surface area contributed by atoms with Crippen LogP contribution in [-0.4, -0.2) is 105 Å². The smallest absolute Gasteiger partial charge is 0.311 e. The van der Waals surface area contributed by atoms with Gasteiger partial charge in [-0.2, -0.15) is 0 Å². The highest BCUT2D eigenvalue weighted by atomic mass is 16.7. The Labute approximate surface area is 156 Å². The van der Waals surface area contributed by atoms with Crippen molar-refractivity contribution in [2.45, 2.75) is 75.6 Å². The van der Waals surface area contributed by atoms with Crippen LogP contribution in [0.4, 0.5) is 0 Å². The molecule has 0 aromatic heterocycles. The maximum absolute atomic E-state index is 11.9. The first-order valence-electron chi connectivity index (χ1n) is 8.84. The van der Waals surface area contributed by atoms with Crippen LogP contribution >= 0.6 is 0 Å². The topological polar surface area (TPSA) is 175 Å². The van der Waals surface area contributed by atoms with Crippen molar-refractivity contribution in [3.8, 4) is 0 Å². The average Bonchev–Trinajstić information content (AvgIpc) is 2.66. The van der Waals surface area contributed by atoms with E-state index in [1.807, 2.05) is 0 Å². The molecule has 6 N–H and O–H groups in total. The summed E-state index contributed by atoms with van der Waals surface area (Å²) >= 11 is 0. The molecule has 0 aromatic rings. The monoisotopic (exact) mass is 396 g/mol. The van der Waals surface area contributed by atoms with Crippen molar-refractivity contribution in [3.63, 3.8) is 0 Å². The lowest BCUT2D eigenvalue weighted by Gasteiger charge is -2.41. The molecule has 11 nitrogen and oxygen atoms in total. The molecule has 0 spiro atoms. The Kier molecular flexibility index (Phi) is 7.92. The van der Waals surface area contributed by atoms with Crippen LogP contribution in [0.15, 0.2) is 0 Å². The predicted molar refractivity (Wildman–Crippen MR) is 85.9 cm³/mol. The summed E-state index contributed by atoms with van der Waals surface area (Å²) in [7, 11) is 0. The van der Waals surface area contributed by atoms with Gasteiger partial charge in [0.2, 0.25) is 6.29 Å². The van der Waals surface area contributed by atoms with E-state index in [0.717, 1.165) is 0 Å². The summed E-state index contributed by atoms with van der Waals surface area (Å²) in [6.45, 7) is 2.73. The second-order valence-corrected chi connectivity index (χ2v) is 6.84. The van der Waals surface area contributed by atoms with Crippen molar-refractivity contribution in [3.05, 3.63) is 0 Å². The van der Waals surface area contributed by atoms with Gasteiger partial charge in [-0.25, -0.2) is 0 Å². The van der Waals surface area contributed by atoms with Gasteiger partial charge in [-0.15, -0.1) is 0 Å². The average molecular weight is 396 g/mol. The fourth-order valence-corrected chi connectivity index (χ4v) is 2.66. The van der Waals surface area contributed by atoms with Crippen LogP contribution in [0.5, 0.6) is 0 Å². The van der Waals surface area contributed by atoms with Crippen LogP contribution in [0.3, 0.4) is 0 Å². The molecule has 0 aromatic carbocycles. The van der Waals surface area contributed by atoms with Gasteiger partial charge < -0.3 is 49.6 Å². The van der Waals surface area contributed by atoms with Gasteiger partial charge in [0.05, 0.1) is 19.1 Å². The molecular weight excluding hydrogens is 368 g/mol. The van der Waals surface area contributed by atoms with Crippen LogP contribution in [0.25, 0.3) is 0 Å². The zero-order valence-electron chi connectivity index (χ0n) is 15.1. The Hall–Kier alpha value is -0.890. The molecule has 0 radical (unpaired) electrons. The number of esters is 1. The van der Waals surface area contributed by atoms with Crippen LogP contribution in [0.2, 0.25) is 0 Å². The van der Waals surface area contributed by atoms with Crippen molar-refractivity contribution in [2.75, 3.05) is 13.2 Å². The number of carbonyl (C=O) groups is 1. The number of aliphatic hydroxyl groups is 6. The van der Waals surface area contributed by atoms with Crippen molar-refractivity contribution >= 4 is 5.97 Å². The quantitative estimate of drug-likeness (QED) is 0.250. The first kappa shape index (κ1) is 22.4. The Morgan fingerprint density at radius 1 is 1.00 bits per heavy atom. The number of rotatable bonds is 6. The number of hydrogen-bond acceptors (Lipinski definition) is 11. The minimum absolute atomic E-state index is 0.270. The zero-order valence-corrected chi connectivity index (χ0v) is 15.1. The highest BCUT2D eigenvalue weighted by molar-refractivity contribution is 5.72. The largest absolute Gasteiger partial charge is 0.433 e. The van der Waals surface area contributed by atoms with Gasteiger partial charge in [0, 0.05) is 0 Å².